The summed E-state index contributed by atoms with van der Waals surface area (Å²) in [4.78, 5) is 12.2. The van der Waals surface area contributed by atoms with E-state index < -0.39 is 5.25 Å². The Morgan fingerprint density at radius 2 is 2.18 bits per heavy atom. The largest absolute Gasteiger partial charge is 0.336 e. The van der Waals surface area contributed by atoms with Gasteiger partial charge in [-0.2, -0.15) is 0 Å². The zero-order valence-corrected chi connectivity index (χ0v) is 14.3. The van der Waals surface area contributed by atoms with E-state index in [0.717, 1.165) is 0 Å². The average Bonchev–Trinajstić information content (AvgIpc) is 2.83. The molecule has 0 unspecified atom stereocenters. The van der Waals surface area contributed by atoms with Gasteiger partial charge in [0, 0.05) is 11.4 Å². The summed E-state index contributed by atoms with van der Waals surface area (Å²) < 4.78 is 1.39. The second kappa shape index (κ2) is 7.21. The maximum absolute atomic E-state index is 12.2. The minimum absolute atomic E-state index is 0.227. The number of thioether (sulfide) groups is 1. The van der Waals surface area contributed by atoms with Gasteiger partial charge in [-0.15, -0.1) is 10.2 Å². The maximum atomic E-state index is 12.2. The molecule has 1 heterocycles. The number of nitrogens with two attached hydrogens (primary N) is 1. The lowest BCUT2D eigenvalue weighted by molar-refractivity contribution is -0.115. The molecule has 22 heavy (non-hydrogen) atoms. The molecule has 2 aromatic rings. The summed E-state index contributed by atoms with van der Waals surface area (Å²) in [5.74, 6) is 6.29. The number of carbonyl (C=O) groups is 1. The molecule has 0 bridgehead atoms. The summed E-state index contributed by atoms with van der Waals surface area (Å²) >= 11 is 13.1. The van der Waals surface area contributed by atoms with Crippen molar-refractivity contribution in [1.29, 1.82) is 0 Å². The molecule has 0 saturated carbocycles. The van der Waals surface area contributed by atoms with E-state index >= 15 is 0 Å². The highest BCUT2D eigenvalue weighted by molar-refractivity contribution is 8.00. The zero-order valence-electron chi connectivity index (χ0n) is 12.0. The number of benzene rings is 1. The Kier molecular flexibility index (Phi) is 5.55. The predicted octanol–water partition coefficient (Wildman–Crippen LogP) is 2.98. The van der Waals surface area contributed by atoms with Crippen molar-refractivity contribution in [3.8, 4) is 0 Å². The third-order valence-electron chi connectivity index (χ3n) is 2.89. The number of aromatic nitrogens is 3. The van der Waals surface area contributed by atoms with Crippen molar-refractivity contribution < 1.29 is 4.79 Å². The van der Waals surface area contributed by atoms with Gasteiger partial charge in [-0.3, -0.25) is 4.79 Å². The quantitative estimate of drug-likeness (QED) is 0.632. The number of nitrogens with zero attached hydrogens (tertiary/aromatic N) is 3. The number of hydrogen-bond donors (Lipinski definition) is 2. The van der Waals surface area contributed by atoms with Crippen LogP contribution in [0.5, 0.6) is 0 Å². The molecule has 9 heteroatoms. The van der Waals surface area contributed by atoms with Crippen LogP contribution in [0.4, 0.5) is 5.69 Å². The molecule has 3 N–H and O–H groups in total. The van der Waals surface area contributed by atoms with E-state index in [-0.39, 0.29) is 5.91 Å². The van der Waals surface area contributed by atoms with Gasteiger partial charge >= 0.3 is 0 Å². The second-order valence-electron chi connectivity index (χ2n) is 4.50. The number of hydrogen-bond acceptors (Lipinski definition) is 5. The number of amides is 1. The summed E-state index contributed by atoms with van der Waals surface area (Å²) in [7, 11) is 0. The van der Waals surface area contributed by atoms with Crippen LogP contribution < -0.4 is 11.2 Å². The Labute approximate surface area is 142 Å². The molecule has 0 radical (unpaired) electrons. The fourth-order valence-electron chi connectivity index (χ4n) is 1.67. The third kappa shape index (κ3) is 3.85. The summed E-state index contributed by atoms with van der Waals surface area (Å²) in [6, 6.07) is 4.88. The number of aryl methyl sites for hydroxylation is 1. The van der Waals surface area contributed by atoms with E-state index in [1.54, 1.807) is 25.1 Å². The molecule has 1 amide bonds. The Morgan fingerprint density at radius 3 is 2.82 bits per heavy atom. The van der Waals surface area contributed by atoms with Crippen molar-refractivity contribution in [2.75, 3.05) is 11.2 Å². The van der Waals surface area contributed by atoms with Gasteiger partial charge in [0.05, 0.1) is 16.0 Å². The standard InChI is InChI=1S/C13H15Cl2N5OS/c1-3-11-18-19-13(20(11)16)22-7(2)12(21)17-10-6-8(14)4-5-9(10)15/h4-7H,3,16H2,1-2H3,(H,17,21)/t7-/m1/s1. The van der Waals surface area contributed by atoms with Crippen molar-refractivity contribution in [2.45, 2.75) is 30.7 Å². The number of nitrogens with one attached hydrogen (secondary N) is 1. The van der Waals surface area contributed by atoms with Gasteiger partial charge in [0.1, 0.15) is 0 Å². The van der Waals surface area contributed by atoms with Crippen LogP contribution >= 0.6 is 35.0 Å². The number of anilines is 1. The van der Waals surface area contributed by atoms with Crippen LogP contribution in [0.15, 0.2) is 23.4 Å². The number of nitrogen functional groups attached to an aromatic ring is 1. The van der Waals surface area contributed by atoms with Crippen molar-refractivity contribution >= 4 is 46.6 Å². The van der Waals surface area contributed by atoms with E-state index in [4.69, 9.17) is 29.0 Å². The Balaban J connectivity index is 2.06. The van der Waals surface area contributed by atoms with E-state index in [9.17, 15) is 4.79 Å². The minimum atomic E-state index is -0.425. The highest BCUT2D eigenvalue weighted by Gasteiger charge is 2.19. The first-order valence-corrected chi connectivity index (χ1v) is 8.17. The smallest absolute Gasteiger partial charge is 0.237 e. The average molecular weight is 360 g/mol. The Hall–Kier alpha value is -1.44. The molecule has 0 saturated heterocycles. The van der Waals surface area contributed by atoms with Crippen LogP contribution in [0.25, 0.3) is 0 Å². The lowest BCUT2D eigenvalue weighted by atomic mass is 10.3. The first-order valence-electron chi connectivity index (χ1n) is 6.54. The first-order chi connectivity index (χ1) is 10.4. The number of halogens is 2. The van der Waals surface area contributed by atoms with E-state index in [0.29, 0.717) is 33.1 Å². The maximum Gasteiger partial charge on any atom is 0.237 e. The topological polar surface area (TPSA) is 85.8 Å². The minimum Gasteiger partial charge on any atom is -0.336 e. The molecule has 1 atom stereocenters. The SMILES string of the molecule is CCc1nnc(S[C@H](C)C(=O)Nc2cc(Cl)ccc2Cl)n1N. The zero-order chi connectivity index (χ0) is 16.3. The third-order valence-corrected chi connectivity index (χ3v) is 4.51. The fraction of sp³-hybridized carbons (Fsp3) is 0.308. The van der Waals surface area contributed by atoms with E-state index in [2.05, 4.69) is 15.5 Å². The van der Waals surface area contributed by atoms with Crippen LogP contribution in [0.1, 0.15) is 19.7 Å². The summed E-state index contributed by atoms with van der Waals surface area (Å²) in [6.07, 6.45) is 0.669. The van der Waals surface area contributed by atoms with Crippen LogP contribution in [-0.2, 0) is 11.2 Å². The molecule has 6 nitrogen and oxygen atoms in total. The highest BCUT2D eigenvalue weighted by Crippen LogP contribution is 2.27. The predicted molar refractivity (Wildman–Crippen MR) is 90.0 cm³/mol. The second-order valence-corrected chi connectivity index (χ2v) is 6.65. The molecule has 0 aliphatic rings. The van der Waals surface area contributed by atoms with Gasteiger partial charge in [-0.05, 0) is 25.1 Å². The van der Waals surface area contributed by atoms with Crippen molar-refractivity contribution in [1.82, 2.24) is 14.9 Å². The summed E-state index contributed by atoms with van der Waals surface area (Å²) in [5, 5.41) is 11.6. The van der Waals surface area contributed by atoms with E-state index in [1.165, 1.54) is 16.4 Å². The fourth-order valence-corrected chi connectivity index (χ4v) is 2.79. The molecule has 2 rings (SSSR count). The van der Waals surface area contributed by atoms with Crippen molar-refractivity contribution in [3.05, 3.63) is 34.1 Å². The lowest BCUT2D eigenvalue weighted by Crippen LogP contribution is -2.24. The number of carbonyl (C=O) groups excluding carboxylic acids is 1. The van der Waals surface area contributed by atoms with Gasteiger partial charge < -0.3 is 11.2 Å². The van der Waals surface area contributed by atoms with Crippen LogP contribution in [0.3, 0.4) is 0 Å². The van der Waals surface area contributed by atoms with Gasteiger partial charge in [-0.25, -0.2) is 4.68 Å². The molecule has 0 aliphatic carbocycles. The molecule has 1 aromatic heterocycles. The van der Waals surface area contributed by atoms with Crippen molar-refractivity contribution in [2.24, 2.45) is 0 Å². The normalized spacial score (nSPS) is 12.2. The highest BCUT2D eigenvalue weighted by atomic mass is 35.5. The Bertz CT molecular complexity index is 691. The Morgan fingerprint density at radius 1 is 1.45 bits per heavy atom. The van der Waals surface area contributed by atoms with Crippen LogP contribution in [0, 0.1) is 0 Å². The summed E-state index contributed by atoms with van der Waals surface area (Å²) in [5.41, 5.74) is 0.468. The van der Waals surface area contributed by atoms with Gasteiger partial charge in [0.2, 0.25) is 11.1 Å². The molecule has 0 spiro atoms. The lowest BCUT2D eigenvalue weighted by Gasteiger charge is -2.12. The molecular weight excluding hydrogens is 345 g/mol. The van der Waals surface area contributed by atoms with E-state index in [1.807, 2.05) is 6.92 Å². The van der Waals surface area contributed by atoms with Gasteiger partial charge in [-0.1, -0.05) is 41.9 Å². The first kappa shape index (κ1) is 16.9. The summed E-state index contributed by atoms with van der Waals surface area (Å²) in [6.45, 7) is 3.68. The van der Waals surface area contributed by atoms with Gasteiger partial charge in [0.15, 0.2) is 5.82 Å². The van der Waals surface area contributed by atoms with Gasteiger partial charge in [0.25, 0.3) is 0 Å². The van der Waals surface area contributed by atoms with Crippen LogP contribution in [-0.4, -0.2) is 26.0 Å². The monoisotopic (exact) mass is 359 g/mol. The van der Waals surface area contributed by atoms with Crippen molar-refractivity contribution in [3.63, 3.8) is 0 Å². The molecular formula is C13H15Cl2N5OS. The van der Waals surface area contributed by atoms with Crippen LogP contribution in [0.2, 0.25) is 10.0 Å². The molecule has 0 fully saturated rings. The molecule has 1 aromatic carbocycles. The molecule has 0 aliphatic heterocycles. The number of rotatable bonds is 5. The molecule has 118 valence electrons.